The fraction of sp³-hybridized carbons (Fsp3) is 0.276. The molecule has 0 spiro atoms. The van der Waals surface area contributed by atoms with Gasteiger partial charge in [0.15, 0.2) is 6.73 Å². The lowest BCUT2D eigenvalue weighted by Crippen LogP contribution is -2.43. The van der Waals surface area contributed by atoms with Gasteiger partial charge in [-0.15, -0.1) is 0 Å². The first kappa shape index (κ1) is 27.3. The molecule has 3 aliphatic rings. The lowest BCUT2D eigenvalue weighted by atomic mass is 9.97. The molecule has 12 heteroatoms. The second kappa shape index (κ2) is 10.8. The molecule has 0 unspecified atom stereocenters. The van der Waals surface area contributed by atoms with Crippen LogP contribution in [-0.2, 0) is 16.1 Å². The van der Waals surface area contributed by atoms with Crippen LogP contribution in [0, 0.1) is 5.82 Å². The second-order valence-electron chi connectivity index (χ2n) is 9.90. The summed E-state index contributed by atoms with van der Waals surface area (Å²) in [4.78, 5) is 42.1. The Bertz CT molecular complexity index is 1570. The number of hydrogen-bond donors (Lipinski definition) is 1. The molecule has 0 atom stereocenters. The number of carboxylic acid groups (broad SMARTS) is 1. The molecule has 6 rings (SSSR count). The number of para-hydroxylation sites is 1. The van der Waals surface area contributed by atoms with Gasteiger partial charge in [-0.05, 0) is 24.3 Å². The average molecular weight is 600 g/mol. The summed E-state index contributed by atoms with van der Waals surface area (Å²) in [6.45, 7) is 2.39. The van der Waals surface area contributed by atoms with Crippen molar-refractivity contribution in [3.05, 3.63) is 75.0 Å². The molecular formula is C29H24Cl2FN3O6. The van der Waals surface area contributed by atoms with E-state index in [1.807, 2.05) is 4.90 Å². The summed E-state index contributed by atoms with van der Waals surface area (Å²) in [5.41, 5.74) is 2.16. The molecule has 1 N–H and O–H groups in total. The van der Waals surface area contributed by atoms with Crippen LogP contribution in [0.5, 0.6) is 5.75 Å². The predicted octanol–water partition coefficient (Wildman–Crippen LogP) is 5.06. The lowest BCUT2D eigenvalue weighted by molar-refractivity contribution is -0.122. The number of halogens is 3. The van der Waals surface area contributed by atoms with Crippen LogP contribution >= 0.6 is 23.2 Å². The van der Waals surface area contributed by atoms with Gasteiger partial charge in [-0.1, -0.05) is 41.4 Å². The number of anilines is 2. The molecule has 2 saturated heterocycles. The number of carbonyl (C=O) groups excluding carboxylic acids is 2. The van der Waals surface area contributed by atoms with Crippen molar-refractivity contribution in [1.82, 2.24) is 4.90 Å². The van der Waals surface area contributed by atoms with Crippen LogP contribution in [0.2, 0.25) is 10.0 Å². The van der Waals surface area contributed by atoms with Crippen molar-refractivity contribution in [3.63, 3.8) is 0 Å². The molecule has 9 nitrogen and oxygen atoms in total. The van der Waals surface area contributed by atoms with E-state index in [4.69, 9.17) is 32.7 Å². The summed E-state index contributed by atoms with van der Waals surface area (Å²) in [5.74, 6) is -2.02. The maximum Gasteiger partial charge on any atom is 0.337 e. The summed E-state index contributed by atoms with van der Waals surface area (Å²) in [5, 5.41) is 9.97. The van der Waals surface area contributed by atoms with Crippen LogP contribution in [0.1, 0.15) is 32.7 Å². The smallest absolute Gasteiger partial charge is 0.337 e. The minimum Gasteiger partial charge on any atom is -0.478 e. The molecule has 3 aliphatic heterocycles. The summed E-state index contributed by atoms with van der Waals surface area (Å²) >= 11 is 12.9. The van der Waals surface area contributed by atoms with Crippen molar-refractivity contribution in [3.8, 4) is 16.9 Å². The fourth-order valence-electron chi connectivity index (χ4n) is 5.29. The predicted molar refractivity (Wildman–Crippen MR) is 151 cm³/mol. The zero-order valence-corrected chi connectivity index (χ0v) is 23.2. The fourth-order valence-corrected chi connectivity index (χ4v) is 5.92. The van der Waals surface area contributed by atoms with Gasteiger partial charge in [0.25, 0.3) is 5.91 Å². The maximum absolute atomic E-state index is 15.4. The van der Waals surface area contributed by atoms with E-state index in [9.17, 15) is 19.5 Å². The monoisotopic (exact) mass is 599 g/mol. The van der Waals surface area contributed by atoms with E-state index in [-0.39, 0.29) is 45.9 Å². The Hall–Kier alpha value is -3.86. The number of amides is 2. The standard InChI is InChI=1S/C29H24Cl2FN3O6/c30-21-10-17(35-5-4-25(35)36)11-22(31)26(21)28(37)34-14-16-2-1-3-18(27(16)41-15-34)19-13-24(33-6-8-40-9-7-33)20(29(38)39)12-23(19)32/h1-3,10-13H,4-9,14-15H2,(H,38,39). The molecule has 2 amide bonds. The van der Waals surface area contributed by atoms with Gasteiger partial charge in [0, 0.05) is 48.4 Å². The Morgan fingerprint density at radius 3 is 2.34 bits per heavy atom. The molecule has 2 fully saturated rings. The van der Waals surface area contributed by atoms with Gasteiger partial charge in [0.2, 0.25) is 5.91 Å². The number of nitrogens with zero attached hydrogens (tertiary/aromatic N) is 3. The van der Waals surface area contributed by atoms with Gasteiger partial charge < -0.3 is 29.3 Å². The minimum absolute atomic E-state index is 0.0424. The Balaban J connectivity index is 1.31. The van der Waals surface area contributed by atoms with Gasteiger partial charge in [0.1, 0.15) is 11.6 Å². The van der Waals surface area contributed by atoms with Gasteiger partial charge in [-0.3, -0.25) is 9.59 Å². The molecule has 0 saturated carbocycles. The van der Waals surface area contributed by atoms with Crippen molar-refractivity contribution < 1.29 is 33.4 Å². The molecule has 3 aromatic carbocycles. The number of benzene rings is 3. The number of aromatic carboxylic acids is 1. The van der Waals surface area contributed by atoms with E-state index in [0.717, 1.165) is 6.07 Å². The van der Waals surface area contributed by atoms with Crippen LogP contribution in [-0.4, -0.2) is 67.4 Å². The summed E-state index contributed by atoms with van der Waals surface area (Å²) in [6.07, 6.45) is 0.449. The van der Waals surface area contributed by atoms with Gasteiger partial charge in [0.05, 0.1) is 46.6 Å². The zero-order chi connectivity index (χ0) is 28.8. The molecule has 3 heterocycles. The summed E-state index contributed by atoms with van der Waals surface area (Å²) in [7, 11) is 0. The van der Waals surface area contributed by atoms with Crippen LogP contribution in [0.3, 0.4) is 0 Å². The number of carboxylic acids is 1. The molecule has 0 aromatic heterocycles. The first-order chi connectivity index (χ1) is 19.7. The normalized spacial score (nSPS) is 16.7. The molecule has 0 aliphatic carbocycles. The number of rotatable bonds is 5. The number of hydrogen-bond acceptors (Lipinski definition) is 6. The zero-order valence-electron chi connectivity index (χ0n) is 21.7. The van der Waals surface area contributed by atoms with Crippen LogP contribution in [0.25, 0.3) is 11.1 Å². The SMILES string of the molecule is O=C(O)c1cc(F)c(-c2cccc3c2OCN(C(=O)c2c(Cl)cc(N4CCC4=O)cc2Cl)C3)cc1N1CCOCC1. The molecule has 212 valence electrons. The highest BCUT2D eigenvalue weighted by Crippen LogP contribution is 2.41. The second-order valence-corrected chi connectivity index (χ2v) is 10.7. The Kier molecular flexibility index (Phi) is 7.23. The third-order valence-corrected chi connectivity index (χ3v) is 8.07. The van der Waals surface area contributed by atoms with E-state index < -0.39 is 17.7 Å². The Labute approximate surface area is 244 Å². The van der Waals surface area contributed by atoms with E-state index in [1.54, 1.807) is 35.2 Å². The van der Waals surface area contributed by atoms with Crippen molar-refractivity contribution in [1.29, 1.82) is 0 Å². The maximum atomic E-state index is 15.4. The summed E-state index contributed by atoms with van der Waals surface area (Å²) in [6, 6.07) is 10.8. The number of ether oxygens (including phenoxy) is 2. The minimum atomic E-state index is -1.22. The molecular weight excluding hydrogens is 576 g/mol. The van der Waals surface area contributed by atoms with E-state index in [2.05, 4.69) is 0 Å². The van der Waals surface area contributed by atoms with Gasteiger partial charge in [-0.25, -0.2) is 9.18 Å². The first-order valence-electron chi connectivity index (χ1n) is 13.0. The average Bonchev–Trinajstić information content (AvgIpc) is 2.95. The molecule has 0 radical (unpaired) electrons. The van der Waals surface area contributed by atoms with Gasteiger partial charge >= 0.3 is 5.97 Å². The third kappa shape index (κ3) is 4.96. The Morgan fingerprint density at radius 1 is 0.976 bits per heavy atom. The first-order valence-corrected chi connectivity index (χ1v) is 13.7. The highest BCUT2D eigenvalue weighted by Gasteiger charge is 2.31. The lowest BCUT2D eigenvalue weighted by Gasteiger charge is -2.33. The molecule has 0 bridgehead atoms. The molecule has 41 heavy (non-hydrogen) atoms. The van der Waals surface area contributed by atoms with Gasteiger partial charge in [-0.2, -0.15) is 0 Å². The number of β-lactam (4-membered cyclic amide) rings is 1. The number of morpholine rings is 1. The van der Waals surface area contributed by atoms with Crippen LogP contribution in [0.15, 0.2) is 42.5 Å². The van der Waals surface area contributed by atoms with E-state index in [0.29, 0.717) is 67.5 Å². The third-order valence-electron chi connectivity index (χ3n) is 7.47. The Morgan fingerprint density at radius 2 is 1.71 bits per heavy atom. The van der Waals surface area contributed by atoms with Crippen molar-refractivity contribution in [2.45, 2.75) is 13.0 Å². The van der Waals surface area contributed by atoms with Crippen molar-refractivity contribution in [2.75, 3.05) is 49.4 Å². The highest BCUT2D eigenvalue weighted by molar-refractivity contribution is 6.40. The number of fused-ring (bicyclic) bond motifs is 1. The largest absolute Gasteiger partial charge is 0.478 e. The van der Waals surface area contributed by atoms with E-state index in [1.165, 1.54) is 11.0 Å². The van der Waals surface area contributed by atoms with E-state index >= 15 is 4.39 Å². The summed E-state index contributed by atoms with van der Waals surface area (Å²) < 4.78 is 26.8. The quantitative estimate of drug-likeness (QED) is 0.409. The van der Waals surface area contributed by atoms with Crippen LogP contribution < -0.4 is 14.5 Å². The van der Waals surface area contributed by atoms with Crippen LogP contribution in [0.4, 0.5) is 15.8 Å². The number of carbonyl (C=O) groups is 3. The van der Waals surface area contributed by atoms with Crippen molar-refractivity contribution in [2.24, 2.45) is 0 Å². The molecule has 3 aromatic rings. The van der Waals surface area contributed by atoms with Crippen molar-refractivity contribution >= 4 is 52.4 Å². The topological polar surface area (TPSA) is 99.6 Å². The highest BCUT2D eigenvalue weighted by atomic mass is 35.5.